The van der Waals surface area contributed by atoms with E-state index in [4.69, 9.17) is 26.8 Å². The second kappa shape index (κ2) is 8.70. The van der Waals surface area contributed by atoms with Gasteiger partial charge in [-0.1, -0.05) is 35.9 Å². The van der Waals surface area contributed by atoms with Gasteiger partial charge in [0.25, 0.3) is 0 Å². The number of anilines is 1. The fourth-order valence-corrected chi connectivity index (χ4v) is 3.91. The highest BCUT2D eigenvalue weighted by Gasteiger charge is 2.33. The zero-order valence-corrected chi connectivity index (χ0v) is 17.6. The standard InChI is InChI=1S/C24H21ClN2O4/c1-30-20-7-2-3-8-21(20)31-22-13-17(25)9-10-19(22)16-12-23(28)27(14-16)18-6-4-5-15(11-18)24(26)29/h2-11,13,16H,12,14H2,1H3,(H2,26,29)/t16-/m0/s1. The number of hydrogen-bond donors (Lipinski definition) is 1. The van der Waals surface area contributed by atoms with E-state index in [1.54, 1.807) is 48.4 Å². The van der Waals surface area contributed by atoms with Gasteiger partial charge in [-0.3, -0.25) is 9.59 Å². The molecule has 1 heterocycles. The van der Waals surface area contributed by atoms with Crippen molar-refractivity contribution >= 4 is 29.1 Å². The van der Waals surface area contributed by atoms with Gasteiger partial charge >= 0.3 is 0 Å². The molecule has 3 aromatic carbocycles. The summed E-state index contributed by atoms with van der Waals surface area (Å²) in [7, 11) is 1.58. The summed E-state index contributed by atoms with van der Waals surface area (Å²) in [5, 5.41) is 0.531. The van der Waals surface area contributed by atoms with Crippen molar-refractivity contribution in [2.45, 2.75) is 12.3 Å². The summed E-state index contributed by atoms with van der Waals surface area (Å²) < 4.78 is 11.5. The van der Waals surface area contributed by atoms with Crippen LogP contribution in [0.2, 0.25) is 5.02 Å². The highest BCUT2D eigenvalue weighted by Crippen LogP contribution is 2.41. The first-order valence-electron chi connectivity index (χ1n) is 9.77. The van der Waals surface area contributed by atoms with Gasteiger partial charge in [-0.2, -0.15) is 0 Å². The zero-order valence-electron chi connectivity index (χ0n) is 16.9. The van der Waals surface area contributed by atoms with Gasteiger partial charge < -0.3 is 20.1 Å². The highest BCUT2D eigenvalue weighted by molar-refractivity contribution is 6.30. The lowest BCUT2D eigenvalue weighted by Gasteiger charge is -2.19. The van der Waals surface area contributed by atoms with Crippen LogP contribution in [0.1, 0.15) is 28.3 Å². The van der Waals surface area contributed by atoms with Crippen LogP contribution in [0.3, 0.4) is 0 Å². The molecule has 0 unspecified atom stereocenters. The summed E-state index contributed by atoms with van der Waals surface area (Å²) in [5.41, 5.74) is 7.26. The number of hydrogen-bond acceptors (Lipinski definition) is 4. The molecule has 31 heavy (non-hydrogen) atoms. The van der Waals surface area contributed by atoms with Crippen molar-refractivity contribution in [1.82, 2.24) is 0 Å². The number of methoxy groups -OCH3 is 1. The number of para-hydroxylation sites is 2. The zero-order chi connectivity index (χ0) is 22.0. The topological polar surface area (TPSA) is 81.9 Å². The summed E-state index contributed by atoms with van der Waals surface area (Å²) in [4.78, 5) is 26.0. The first-order valence-corrected chi connectivity index (χ1v) is 10.1. The molecule has 4 rings (SSSR count). The van der Waals surface area contributed by atoms with E-state index < -0.39 is 5.91 Å². The predicted molar refractivity (Wildman–Crippen MR) is 119 cm³/mol. The molecule has 2 amide bonds. The Labute approximate surface area is 185 Å². The summed E-state index contributed by atoms with van der Waals surface area (Å²) in [6, 6.07) is 19.5. The van der Waals surface area contributed by atoms with Crippen molar-refractivity contribution in [2.24, 2.45) is 5.73 Å². The van der Waals surface area contributed by atoms with Crippen LogP contribution >= 0.6 is 11.6 Å². The third kappa shape index (κ3) is 4.34. The van der Waals surface area contributed by atoms with Crippen molar-refractivity contribution in [3.05, 3.63) is 82.9 Å². The molecule has 1 saturated heterocycles. The highest BCUT2D eigenvalue weighted by atomic mass is 35.5. The number of nitrogens with two attached hydrogens (primary N) is 1. The summed E-state index contributed by atoms with van der Waals surface area (Å²) in [5.74, 6) is 1.05. The normalized spacial score (nSPS) is 15.7. The number of benzene rings is 3. The SMILES string of the molecule is COc1ccccc1Oc1cc(Cl)ccc1[C@H]1CC(=O)N(c2cccc(C(N)=O)c2)C1. The molecular formula is C24H21ClN2O4. The van der Waals surface area contributed by atoms with Crippen LogP contribution in [0.4, 0.5) is 5.69 Å². The third-order valence-corrected chi connectivity index (χ3v) is 5.51. The fraction of sp³-hybridized carbons (Fsp3) is 0.167. The Morgan fingerprint density at radius 2 is 1.81 bits per heavy atom. The number of ether oxygens (including phenoxy) is 2. The van der Waals surface area contributed by atoms with E-state index in [1.807, 2.05) is 30.3 Å². The summed E-state index contributed by atoms with van der Waals surface area (Å²) >= 11 is 6.23. The molecule has 0 aliphatic carbocycles. The van der Waals surface area contributed by atoms with Crippen LogP contribution in [0.5, 0.6) is 17.2 Å². The molecule has 0 radical (unpaired) electrons. The Balaban J connectivity index is 1.64. The van der Waals surface area contributed by atoms with E-state index in [9.17, 15) is 9.59 Å². The van der Waals surface area contributed by atoms with E-state index in [2.05, 4.69) is 0 Å². The van der Waals surface area contributed by atoms with Crippen molar-refractivity contribution in [1.29, 1.82) is 0 Å². The summed E-state index contributed by atoms with van der Waals surface area (Å²) in [6.07, 6.45) is 0.310. The molecule has 2 N–H and O–H groups in total. The third-order valence-electron chi connectivity index (χ3n) is 5.27. The van der Waals surface area contributed by atoms with E-state index in [0.717, 1.165) is 5.56 Å². The maximum Gasteiger partial charge on any atom is 0.248 e. The van der Waals surface area contributed by atoms with Crippen LogP contribution in [0, 0.1) is 0 Å². The van der Waals surface area contributed by atoms with Gasteiger partial charge in [0, 0.05) is 40.7 Å². The van der Waals surface area contributed by atoms with Gasteiger partial charge in [-0.15, -0.1) is 0 Å². The Bertz CT molecular complexity index is 1150. The van der Waals surface area contributed by atoms with Gasteiger partial charge in [0.15, 0.2) is 11.5 Å². The first-order chi connectivity index (χ1) is 15.0. The second-order valence-electron chi connectivity index (χ2n) is 7.26. The molecule has 1 aliphatic heterocycles. The average molecular weight is 437 g/mol. The van der Waals surface area contributed by atoms with E-state index in [0.29, 0.717) is 46.5 Å². The smallest absolute Gasteiger partial charge is 0.248 e. The monoisotopic (exact) mass is 436 g/mol. The minimum atomic E-state index is -0.532. The number of carbonyl (C=O) groups excluding carboxylic acids is 2. The largest absolute Gasteiger partial charge is 0.493 e. The maximum atomic E-state index is 12.8. The van der Waals surface area contributed by atoms with E-state index in [1.165, 1.54) is 0 Å². The molecule has 1 aliphatic rings. The van der Waals surface area contributed by atoms with Gasteiger partial charge in [-0.05, 0) is 42.5 Å². The summed E-state index contributed by atoms with van der Waals surface area (Å²) in [6.45, 7) is 0.449. The maximum absolute atomic E-state index is 12.8. The van der Waals surface area contributed by atoms with Crippen LogP contribution in [0.25, 0.3) is 0 Å². The number of rotatable bonds is 6. The second-order valence-corrected chi connectivity index (χ2v) is 7.69. The first kappa shape index (κ1) is 20.8. The molecule has 3 aromatic rings. The number of nitrogens with zero attached hydrogens (tertiary/aromatic N) is 1. The molecule has 158 valence electrons. The molecule has 0 saturated carbocycles. The Hall–Kier alpha value is -3.51. The van der Waals surface area contributed by atoms with E-state index >= 15 is 0 Å². The minimum absolute atomic E-state index is 0.0372. The van der Waals surface area contributed by atoms with Gasteiger partial charge in [0.05, 0.1) is 7.11 Å². The molecule has 0 aromatic heterocycles. The molecule has 7 heteroatoms. The number of halogens is 1. The molecule has 0 spiro atoms. The Morgan fingerprint density at radius 1 is 1.03 bits per heavy atom. The number of carbonyl (C=O) groups is 2. The number of amides is 2. The average Bonchev–Trinajstić information content (AvgIpc) is 3.15. The number of primary amides is 1. The van der Waals surface area contributed by atoms with E-state index in [-0.39, 0.29) is 11.8 Å². The lowest BCUT2D eigenvalue weighted by Crippen LogP contribution is -2.24. The van der Waals surface area contributed by atoms with Gasteiger partial charge in [-0.25, -0.2) is 0 Å². The minimum Gasteiger partial charge on any atom is -0.493 e. The Morgan fingerprint density at radius 3 is 2.55 bits per heavy atom. The molecule has 1 fully saturated rings. The molecular weight excluding hydrogens is 416 g/mol. The van der Waals surface area contributed by atoms with Gasteiger partial charge in [0.2, 0.25) is 11.8 Å². The van der Waals surface area contributed by atoms with Crippen LogP contribution in [-0.2, 0) is 4.79 Å². The molecule has 1 atom stereocenters. The van der Waals surface area contributed by atoms with Crippen LogP contribution in [0.15, 0.2) is 66.7 Å². The van der Waals surface area contributed by atoms with Crippen LogP contribution in [-0.4, -0.2) is 25.5 Å². The fourth-order valence-electron chi connectivity index (χ4n) is 3.75. The quantitative estimate of drug-likeness (QED) is 0.604. The van der Waals surface area contributed by atoms with Gasteiger partial charge in [0.1, 0.15) is 5.75 Å². The van der Waals surface area contributed by atoms with Crippen molar-refractivity contribution in [3.8, 4) is 17.2 Å². The lowest BCUT2D eigenvalue weighted by molar-refractivity contribution is -0.117. The van der Waals surface area contributed by atoms with Crippen molar-refractivity contribution < 1.29 is 19.1 Å². The van der Waals surface area contributed by atoms with Crippen molar-refractivity contribution in [3.63, 3.8) is 0 Å². The van der Waals surface area contributed by atoms with Crippen molar-refractivity contribution in [2.75, 3.05) is 18.6 Å². The molecule has 6 nitrogen and oxygen atoms in total. The predicted octanol–water partition coefficient (Wildman–Crippen LogP) is 4.76. The lowest BCUT2D eigenvalue weighted by atomic mass is 9.97. The van der Waals surface area contributed by atoms with Crippen LogP contribution < -0.4 is 20.1 Å². The Kier molecular flexibility index (Phi) is 5.82. The molecule has 0 bridgehead atoms.